The van der Waals surface area contributed by atoms with Crippen LogP contribution in [0, 0.1) is 0 Å². The normalized spacial score (nSPS) is 23.3. The molecule has 0 unspecified atom stereocenters. The molecule has 0 aromatic carbocycles. The Labute approximate surface area is 81.7 Å². The molecule has 0 fully saturated rings. The summed E-state index contributed by atoms with van der Waals surface area (Å²) in [5.41, 5.74) is 0. The first-order chi connectivity index (χ1) is 6.59. The van der Waals surface area contributed by atoms with E-state index in [0.29, 0.717) is 0 Å². The Hall–Kier alpha value is -1.39. The molecule has 1 aliphatic heterocycles. The molecule has 0 amide bonds. The second kappa shape index (κ2) is 3.05. The first-order valence-electron chi connectivity index (χ1n) is 3.54. The number of carbonyl (C=O) groups is 1. The van der Waals surface area contributed by atoms with Crippen LogP contribution in [0.5, 0.6) is 0 Å². The molecular formula is C6H8O9. The summed E-state index contributed by atoms with van der Waals surface area (Å²) < 4.78 is 3.98. The van der Waals surface area contributed by atoms with Crippen LogP contribution in [0.1, 0.15) is 0 Å². The Morgan fingerprint density at radius 2 is 1.53 bits per heavy atom. The van der Waals surface area contributed by atoms with E-state index in [1.807, 2.05) is 0 Å². The molecule has 15 heavy (non-hydrogen) atoms. The van der Waals surface area contributed by atoms with Crippen molar-refractivity contribution in [2.24, 2.45) is 0 Å². The van der Waals surface area contributed by atoms with Gasteiger partial charge in [0.25, 0.3) is 5.79 Å². The second-order valence-electron chi connectivity index (χ2n) is 2.88. The largest absolute Gasteiger partial charge is 0.505 e. The van der Waals surface area contributed by atoms with Crippen molar-refractivity contribution < 1.29 is 45.3 Å². The van der Waals surface area contributed by atoms with Gasteiger partial charge in [-0.3, -0.25) is 0 Å². The van der Waals surface area contributed by atoms with E-state index in [9.17, 15) is 4.79 Å². The van der Waals surface area contributed by atoms with Gasteiger partial charge in [0.05, 0.1) is 0 Å². The van der Waals surface area contributed by atoms with Gasteiger partial charge in [-0.15, -0.1) is 0 Å². The van der Waals surface area contributed by atoms with Crippen LogP contribution < -0.4 is 0 Å². The van der Waals surface area contributed by atoms with Crippen molar-refractivity contribution in [2.75, 3.05) is 0 Å². The van der Waals surface area contributed by atoms with Gasteiger partial charge < -0.3 is 40.5 Å². The van der Waals surface area contributed by atoms with Gasteiger partial charge in [0, 0.05) is 0 Å². The lowest BCUT2D eigenvalue weighted by Gasteiger charge is -2.32. The van der Waals surface area contributed by atoms with Crippen molar-refractivity contribution in [3.63, 3.8) is 0 Å². The lowest BCUT2D eigenvalue weighted by atomic mass is 10.1. The SMILES string of the molecule is O=C1O[C@H](C(O)(O)C(O)(O)O)C(O)=C1O. The van der Waals surface area contributed by atoms with Crippen LogP contribution in [0.4, 0.5) is 0 Å². The van der Waals surface area contributed by atoms with Crippen molar-refractivity contribution in [1.29, 1.82) is 0 Å². The molecule has 0 spiro atoms. The molecule has 0 bridgehead atoms. The maximum absolute atomic E-state index is 10.6. The Morgan fingerprint density at radius 3 is 1.80 bits per heavy atom. The first-order valence-corrected chi connectivity index (χ1v) is 3.54. The molecule has 0 aliphatic carbocycles. The Morgan fingerprint density at radius 1 is 1.07 bits per heavy atom. The zero-order chi connectivity index (χ0) is 12.0. The highest BCUT2D eigenvalue weighted by Gasteiger charge is 2.60. The van der Waals surface area contributed by atoms with E-state index in [2.05, 4.69) is 4.74 Å². The second-order valence-corrected chi connectivity index (χ2v) is 2.88. The molecule has 7 N–H and O–H groups in total. The third kappa shape index (κ3) is 1.62. The Balaban J connectivity index is 3.08. The maximum atomic E-state index is 10.6. The standard InChI is InChI=1S/C6H8O9/c7-1-2(8)4(9)15-3(1)5(10,11)6(12,13)14/h3,7-8,10-14H/t3-/m0/s1. The van der Waals surface area contributed by atoms with Gasteiger partial charge in [0.15, 0.2) is 5.76 Å². The van der Waals surface area contributed by atoms with Gasteiger partial charge in [-0.1, -0.05) is 0 Å². The Bertz CT molecular complexity index is 322. The molecule has 0 aromatic rings. The van der Waals surface area contributed by atoms with Gasteiger partial charge >= 0.3 is 11.9 Å². The predicted octanol–water partition coefficient (Wildman–Crippen LogP) is -3.45. The van der Waals surface area contributed by atoms with Gasteiger partial charge in [-0.2, -0.15) is 0 Å². The topological polar surface area (TPSA) is 168 Å². The summed E-state index contributed by atoms with van der Waals surface area (Å²) in [6.07, 6.45) is -2.41. The van der Waals surface area contributed by atoms with Crippen LogP contribution in [0.25, 0.3) is 0 Å². The van der Waals surface area contributed by atoms with E-state index < -0.39 is 35.4 Å². The molecule has 1 rings (SSSR count). The molecule has 1 heterocycles. The molecule has 1 atom stereocenters. The zero-order valence-corrected chi connectivity index (χ0v) is 7.02. The zero-order valence-electron chi connectivity index (χ0n) is 7.02. The summed E-state index contributed by atoms with van der Waals surface area (Å²) in [5.74, 6) is -12.0. The average molecular weight is 224 g/mol. The number of esters is 1. The van der Waals surface area contributed by atoms with Crippen LogP contribution in [0.2, 0.25) is 0 Å². The number of carbonyl (C=O) groups excluding carboxylic acids is 1. The molecular weight excluding hydrogens is 216 g/mol. The lowest BCUT2D eigenvalue weighted by molar-refractivity contribution is -0.460. The van der Waals surface area contributed by atoms with Gasteiger partial charge in [0.1, 0.15) is 0 Å². The van der Waals surface area contributed by atoms with Crippen molar-refractivity contribution in [3.05, 3.63) is 11.5 Å². The summed E-state index contributed by atoms with van der Waals surface area (Å²) in [4.78, 5) is 10.6. The summed E-state index contributed by atoms with van der Waals surface area (Å²) in [6.45, 7) is 0. The van der Waals surface area contributed by atoms with Crippen molar-refractivity contribution in [1.82, 2.24) is 0 Å². The molecule has 1 aliphatic rings. The van der Waals surface area contributed by atoms with E-state index in [1.165, 1.54) is 0 Å². The molecule has 0 radical (unpaired) electrons. The van der Waals surface area contributed by atoms with Gasteiger partial charge in [0.2, 0.25) is 11.9 Å². The smallest absolute Gasteiger partial charge is 0.378 e. The number of hydrogen-bond donors (Lipinski definition) is 7. The monoisotopic (exact) mass is 224 g/mol. The predicted molar refractivity (Wildman–Crippen MR) is 38.7 cm³/mol. The molecule has 0 aromatic heterocycles. The third-order valence-electron chi connectivity index (χ3n) is 1.77. The minimum Gasteiger partial charge on any atom is -0.505 e. The summed E-state index contributed by atoms with van der Waals surface area (Å²) in [7, 11) is 0. The first kappa shape index (κ1) is 11.7. The highest BCUT2D eigenvalue weighted by Crippen LogP contribution is 2.31. The summed E-state index contributed by atoms with van der Waals surface area (Å²) in [5, 5.41) is 61.2. The highest BCUT2D eigenvalue weighted by molar-refractivity contribution is 5.89. The molecule has 0 saturated heterocycles. The van der Waals surface area contributed by atoms with Gasteiger partial charge in [-0.05, 0) is 0 Å². The highest BCUT2D eigenvalue weighted by atomic mass is 16.7. The minimum atomic E-state index is -4.06. The van der Waals surface area contributed by atoms with Crippen LogP contribution in [-0.2, 0) is 9.53 Å². The maximum Gasteiger partial charge on any atom is 0.378 e. The van der Waals surface area contributed by atoms with E-state index in [-0.39, 0.29) is 0 Å². The number of hydrogen-bond acceptors (Lipinski definition) is 9. The van der Waals surface area contributed by atoms with Crippen molar-refractivity contribution >= 4 is 5.97 Å². The number of rotatable bonds is 2. The van der Waals surface area contributed by atoms with Crippen LogP contribution in [0.3, 0.4) is 0 Å². The van der Waals surface area contributed by atoms with Crippen molar-refractivity contribution in [3.8, 4) is 0 Å². The average Bonchev–Trinajstić information content (AvgIpc) is 2.31. The van der Waals surface area contributed by atoms with E-state index in [0.717, 1.165) is 0 Å². The number of aliphatic hydroxyl groups is 7. The molecule has 0 saturated carbocycles. The third-order valence-corrected chi connectivity index (χ3v) is 1.77. The fourth-order valence-electron chi connectivity index (χ4n) is 0.896. The number of cyclic esters (lactones) is 1. The summed E-state index contributed by atoms with van der Waals surface area (Å²) in [6, 6.07) is 0. The Kier molecular flexibility index (Phi) is 2.38. The van der Waals surface area contributed by atoms with Crippen LogP contribution in [0.15, 0.2) is 11.5 Å². The van der Waals surface area contributed by atoms with Crippen molar-refractivity contribution in [2.45, 2.75) is 17.9 Å². The van der Waals surface area contributed by atoms with E-state index >= 15 is 0 Å². The molecule has 9 nitrogen and oxygen atoms in total. The van der Waals surface area contributed by atoms with Crippen LogP contribution in [-0.4, -0.2) is 59.6 Å². The fourth-order valence-corrected chi connectivity index (χ4v) is 0.896. The van der Waals surface area contributed by atoms with Crippen LogP contribution >= 0.6 is 0 Å². The lowest BCUT2D eigenvalue weighted by Crippen LogP contribution is -2.62. The van der Waals surface area contributed by atoms with E-state index in [1.54, 1.807) is 0 Å². The quantitative estimate of drug-likeness (QED) is 0.186. The summed E-state index contributed by atoms with van der Waals surface area (Å²) >= 11 is 0. The number of ether oxygens (including phenoxy) is 1. The number of aliphatic hydroxyl groups excluding tert-OH is 2. The minimum absolute atomic E-state index is 1.32. The van der Waals surface area contributed by atoms with E-state index in [4.69, 9.17) is 35.7 Å². The molecule has 9 heteroatoms. The fraction of sp³-hybridized carbons (Fsp3) is 0.500. The van der Waals surface area contributed by atoms with Gasteiger partial charge in [-0.25, -0.2) is 4.79 Å². The molecule has 86 valence electrons.